The van der Waals surface area contributed by atoms with Gasteiger partial charge in [-0.15, -0.1) is 0 Å². The predicted molar refractivity (Wildman–Crippen MR) is 113 cm³/mol. The maximum absolute atomic E-state index is 12.6. The molecule has 162 valence electrons. The fourth-order valence-corrected chi connectivity index (χ4v) is 2.98. The molecule has 12 nitrogen and oxygen atoms in total. The number of para-hydroxylation sites is 3. The van der Waals surface area contributed by atoms with Crippen molar-refractivity contribution in [3.63, 3.8) is 0 Å². The second kappa shape index (κ2) is 8.95. The van der Waals surface area contributed by atoms with Crippen LogP contribution in [0.4, 0.5) is 5.82 Å². The van der Waals surface area contributed by atoms with Crippen LogP contribution in [0.25, 0.3) is 22.6 Å². The average Bonchev–Trinajstić information content (AvgIpc) is 3.36. The molecule has 0 saturated carbocycles. The maximum Gasteiger partial charge on any atom is 0.341 e. The molecule has 0 radical (unpaired) electrons. The van der Waals surface area contributed by atoms with Gasteiger partial charge >= 0.3 is 5.97 Å². The maximum atomic E-state index is 12.6. The first kappa shape index (κ1) is 20.5. The lowest BCUT2D eigenvalue weighted by Gasteiger charge is -2.07. The summed E-state index contributed by atoms with van der Waals surface area (Å²) in [5.41, 5.74) is 10.3. The number of fused-ring (bicyclic) bond motifs is 1. The molecule has 0 saturated heterocycles. The smallest absolute Gasteiger partial charge is 0.341 e. The van der Waals surface area contributed by atoms with Crippen molar-refractivity contribution in [1.29, 1.82) is 0 Å². The van der Waals surface area contributed by atoms with E-state index in [9.17, 15) is 9.59 Å². The van der Waals surface area contributed by atoms with Crippen molar-refractivity contribution in [1.82, 2.24) is 25.3 Å². The summed E-state index contributed by atoms with van der Waals surface area (Å²) in [6.07, 6.45) is 1.36. The highest BCUT2D eigenvalue weighted by Gasteiger charge is 2.20. The van der Waals surface area contributed by atoms with E-state index in [-0.39, 0.29) is 18.1 Å². The molecule has 4 aromatic rings. The number of aliphatic carboxylic acids is 1. The minimum Gasteiger partial charge on any atom is -0.481 e. The number of rotatable bonds is 8. The van der Waals surface area contributed by atoms with E-state index in [0.29, 0.717) is 28.2 Å². The summed E-state index contributed by atoms with van der Waals surface area (Å²) in [4.78, 5) is 27.8. The third kappa shape index (κ3) is 4.38. The zero-order valence-corrected chi connectivity index (χ0v) is 16.5. The van der Waals surface area contributed by atoms with Gasteiger partial charge in [0.1, 0.15) is 12.3 Å². The summed E-state index contributed by atoms with van der Waals surface area (Å²) in [5, 5.41) is 20.1. The van der Waals surface area contributed by atoms with Crippen LogP contribution in [0, 0.1) is 0 Å². The van der Waals surface area contributed by atoms with Crippen molar-refractivity contribution < 1.29 is 24.1 Å². The number of nitrogen functional groups attached to an aromatic ring is 1. The van der Waals surface area contributed by atoms with E-state index in [2.05, 4.69) is 30.5 Å². The normalized spacial score (nSPS) is 11.1. The van der Waals surface area contributed by atoms with Crippen molar-refractivity contribution in [2.75, 3.05) is 12.3 Å². The number of carbonyl (C=O) groups excluding carboxylic acids is 1. The number of hydrazone groups is 1. The number of nitrogens with two attached hydrogens (primary N) is 1. The highest BCUT2D eigenvalue weighted by molar-refractivity contribution is 5.87. The summed E-state index contributed by atoms with van der Waals surface area (Å²) in [6, 6.07) is 14.0. The SMILES string of the molecule is Nc1nonc1-c1nc2ccccc2n1CC(=O)NN=Cc1ccccc1OCC(=O)O. The Balaban J connectivity index is 1.52. The molecule has 0 aliphatic carbocycles. The summed E-state index contributed by atoms with van der Waals surface area (Å²) >= 11 is 0. The molecule has 1 amide bonds. The fraction of sp³-hybridized carbons (Fsp3) is 0.100. The average molecular weight is 435 g/mol. The standard InChI is InChI=1S/C20H17N7O5/c21-19-18(25-32-26-19)20-23-13-6-2-3-7-14(13)27(20)10-16(28)24-22-9-12-5-1-4-8-15(12)31-11-17(29)30/h1-9H,10-11H2,(H2,21,26)(H,24,28)(H,29,30). The van der Waals surface area contributed by atoms with Crippen LogP contribution in [0.3, 0.4) is 0 Å². The van der Waals surface area contributed by atoms with Crippen molar-refractivity contribution >= 4 is 34.9 Å². The number of carbonyl (C=O) groups is 2. The van der Waals surface area contributed by atoms with Crippen LogP contribution in [-0.2, 0) is 16.1 Å². The summed E-state index contributed by atoms with van der Waals surface area (Å²) < 4.78 is 11.5. The number of nitrogens with one attached hydrogen (secondary N) is 1. The topological polar surface area (TPSA) is 171 Å². The monoisotopic (exact) mass is 435 g/mol. The second-order valence-corrected chi connectivity index (χ2v) is 6.52. The molecule has 0 fully saturated rings. The van der Waals surface area contributed by atoms with Crippen LogP contribution in [-0.4, -0.2) is 49.7 Å². The highest BCUT2D eigenvalue weighted by atomic mass is 16.6. The quantitative estimate of drug-likeness (QED) is 0.272. The van der Waals surface area contributed by atoms with Gasteiger partial charge in [0.05, 0.1) is 17.2 Å². The highest BCUT2D eigenvalue weighted by Crippen LogP contribution is 2.26. The van der Waals surface area contributed by atoms with Crippen LogP contribution < -0.4 is 15.9 Å². The Hall–Kier alpha value is -4.74. The lowest BCUT2D eigenvalue weighted by atomic mass is 10.2. The number of anilines is 1. The molecule has 4 rings (SSSR count). The first-order valence-electron chi connectivity index (χ1n) is 9.32. The van der Waals surface area contributed by atoms with Gasteiger partial charge in [0.15, 0.2) is 23.9 Å². The number of benzene rings is 2. The van der Waals surface area contributed by atoms with E-state index in [1.807, 2.05) is 18.2 Å². The van der Waals surface area contributed by atoms with Gasteiger partial charge in [-0.25, -0.2) is 19.8 Å². The zero-order chi connectivity index (χ0) is 22.5. The summed E-state index contributed by atoms with van der Waals surface area (Å²) in [7, 11) is 0. The predicted octanol–water partition coefficient (Wildman–Crippen LogP) is 1.28. The van der Waals surface area contributed by atoms with E-state index >= 15 is 0 Å². The molecule has 0 bridgehead atoms. The van der Waals surface area contributed by atoms with Gasteiger partial charge in [-0.05, 0) is 34.6 Å². The molecule has 0 spiro atoms. The van der Waals surface area contributed by atoms with Gasteiger partial charge in [0.2, 0.25) is 0 Å². The first-order chi connectivity index (χ1) is 15.5. The molecule has 2 aromatic heterocycles. The van der Waals surface area contributed by atoms with Gasteiger partial charge in [-0.1, -0.05) is 24.3 Å². The Morgan fingerprint density at radius 3 is 2.75 bits per heavy atom. The Kier molecular flexibility index (Phi) is 5.74. The van der Waals surface area contributed by atoms with E-state index < -0.39 is 18.5 Å². The van der Waals surface area contributed by atoms with Crippen LogP contribution in [0.15, 0.2) is 58.3 Å². The van der Waals surface area contributed by atoms with Crippen molar-refractivity contribution in [2.24, 2.45) is 5.10 Å². The van der Waals surface area contributed by atoms with Gasteiger partial charge in [-0.3, -0.25) is 4.79 Å². The lowest BCUT2D eigenvalue weighted by molar-refractivity contribution is -0.139. The number of carboxylic acid groups (broad SMARTS) is 1. The molecule has 0 aliphatic heterocycles. The Morgan fingerprint density at radius 2 is 1.97 bits per heavy atom. The molecule has 0 aliphatic rings. The van der Waals surface area contributed by atoms with Crippen molar-refractivity contribution in [3.8, 4) is 17.3 Å². The third-order valence-corrected chi connectivity index (χ3v) is 4.35. The number of hydrogen-bond donors (Lipinski definition) is 3. The molecule has 2 heterocycles. The van der Waals surface area contributed by atoms with E-state index in [1.54, 1.807) is 34.9 Å². The van der Waals surface area contributed by atoms with E-state index in [0.717, 1.165) is 0 Å². The number of amides is 1. The lowest BCUT2D eigenvalue weighted by Crippen LogP contribution is -2.23. The van der Waals surface area contributed by atoms with Crippen LogP contribution >= 0.6 is 0 Å². The number of hydrogen-bond acceptors (Lipinski definition) is 9. The number of aromatic nitrogens is 4. The zero-order valence-electron chi connectivity index (χ0n) is 16.5. The molecule has 0 atom stereocenters. The number of ether oxygens (including phenoxy) is 1. The molecular weight excluding hydrogens is 418 g/mol. The third-order valence-electron chi connectivity index (χ3n) is 4.35. The van der Waals surface area contributed by atoms with Crippen molar-refractivity contribution in [3.05, 3.63) is 54.1 Å². The Morgan fingerprint density at radius 1 is 1.19 bits per heavy atom. The van der Waals surface area contributed by atoms with Crippen LogP contribution in [0.2, 0.25) is 0 Å². The van der Waals surface area contributed by atoms with Crippen LogP contribution in [0.1, 0.15) is 5.56 Å². The first-order valence-corrected chi connectivity index (χ1v) is 9.32. The van der Waals surface area contributed by atoms with Gasteiger partial charge in [0.25, 0.3) is 5.91 Å². The van der Waals surface area contributed by atoms with Gasteiger partial charge in [-0.2, -0.15) is 5.10 Å². The molecule has 32 heavy (non-hydrogen) atoms. The molecule has 12 heteroatoms. The van der Waals surface area contributed by atoms with Gasteiger partial charge in [0, 0.05) is 5.56 Å². The van der Waals surface area contributed by atoms with E-state index in [1.165, 1.54) is 6.21 Å². The number of imidazole rings is 1. The number of carboxylic acids is 1. The Labute approximate surface area is 180 Å². The van der Waals surface area contributed by atoms with Crippen molar-refractivity contribution in [2.45, 2.75) is 6.54 Å². The minimum absolute atomic E-state index is 0.0537. The molecular formula is C20H17N7O5. The number of nitrogens with zero attached hydrogens (tertiary/aromatic N) is 5. The molecule has 4 N–H and O–H groups in total. The Bertz CT molecular complexity index is 1310. The summed E-state index contributed by atoms with van der Waals surface area (Å²) in [5.74, 6) is -0.833. The van der Waals surface area contributed by atoms with Gasteiger partial charge < -0.3 is 20.1 Å². The second-order valence-electron chi connectivity index (χ2n) is 6.52. The fourth-order valence-electron chi connectivity index (χ4n) is 2.98. The summed E-state index contributed by atoms with van der Waals surface area (Å²) in [6.45, 7) is -0.621. The molecule has 0 unspecified atom stereocenters. The largest absolute Gasteiger partial charge is 0.481 e. The van der Waals surface area contributed by atoms with Crippen LogP contribution in [0.5, 0.6) is 5.75 Å². The van der Waals surface area contributed by atoms with E-state index in [4.69, 9.17) is 15.6 Å². The minimum atomic E-state index is -1.10. The molecule has 2 aromatic carbocycles.